The summed E-state index contributed by atoms with van der Waals surface area (Å²) in [6.07, 6.45) is 14.8. The number of hydrogen-bond donors (Lipinski definition) is 1. The van der Waals surface area contributed by atoms with Crippen LogP contribution < -0.4 is 14.8 Å². The fourth-order valence-electron chi connectivity index (χ4n) is 2.78. The first-order valence-electron chi connectivity index (χ1n) is 9.99. The van der Waals surface area contributed by atoms with Crippen LogP contribution in [0, 0.1) is 37.0 Å². The van der Waals surface area contributed by atoms with E-state index < -0.39 is 12.0 Å². The Bertz CT molecular complexity index is 1120. The zero-order valence-corrected chi connectivity index (χ0v) is 19.3. The highest BCUT2D eigenvalue weighted by atomic mass is 35.5. The minimum absolute atomic E-state index is 0.000617. The van der Waals surface area contributed by atoms with Gasteiger partial charge in [-0.2, -0.15) is 0 Å². The number of amides is 1. The molecule has 0 bridgehead atoms. The van der Waals surface area contributed by atoms with E-state index in [-0.39, 0.29) is 26.4 Å². The molecular weight excluding hydrogens is 456 g/mol. The highest BCUT2D eigenvalue weighted by molar-refractivity contribution is 6.30. The average molecular weight is 479 g/mol. The van der Waals surface area contributed by atoms with E-state index in [9.17, 15) is 4.79 Å². The van der Waals surface area contributed by atoms with Gasteiger partial charge in [0.1, 0.15) is 18.9 Å². The van der Waals surface area contributed by atoms with Crippen LogP contribution in [0.4, 0.5) is 0 Å². The van der Waals surface area contributed by atoms with E-state index in [0.717, 1.165) is 0 Å². The van der Waals surface area contributed by atoms with Gasteiger partial charge in [-0.3, -0.25) is 4.79 Å². The molecule has 7 nitrogen and oxygen atoms in total. The number of nitrogens with zero attached hydrogens (tertiary/aromatic N) is 1. The molecule has 0 radical (unpaired) electrons. The number of carbonyl (C=O) groups is 1. The zero-order chi connectivity index (χ0) is 24.8. The summed E-state index contributed by atoms with van der Waals surface area (Å²) in [4.78, 5) is 18.1. The molecule has 0 aliphatic rings. The van der Waals surface area contributed by atoms with Crippen molar-refractivity contribution in [3.8, 4) is 48.5 Å². The van der Waals surface area contributed by atoms with Gasteiger partial charge in [0.15, 0.2) is 24.2 Å². The van der Waals surface area contributed by atoms with E-state index in [0.29, 0.717) is 33.4 Å². The molecule has 0 aliphatic heterocycles. The minimum Gasteiger partial charge on any atom is -0.493 e. The lowest BCUT2D eigenvalue weighted by Crippen LogP contribution is -2.35. The van der Waals surface area contributed by atoms with Crippen molar-refractivity contribution in [1.82, 2.24) is 5.32 Å². The Hall–Kier alpha value is -4.09. The molecule has 1 N–H and O–H groups in total. The van der Waals surface area contributed by atoms with Gasteiger partial charge >= 0.3 is 0 Å². The molecule has 2 rings (SSSR count). The predicted octanol–water partition coefficient (Wildman–Crippen LogP) is 3.22. The lowest BCUT2D eigenvalue weighted by Gasteiger charge is -2.18. The van der Waals surface area contributed by atoms with Gasteiger partial charge in [-0.25, -0.2) is 0 Å². The van der Waals surface area contributed by atoms with Crippen molar-refractivity contribution in [3.63, 3.8) is 0 Å². The smallest absolute Gasteiger partial charge is 0.254 e. The van der Waals surface area contributed by atoms with E-state index in [1.165, 1.54) is 7.11 Å². The third-order valence-electron chi connectivity index (χ3n) is 4.30. The summed E-state index contributed by atoms with van der Waals surface area (Å²) < 4.78 is 16.4. The molecule has 8 heteroatoms. The molecule has 0 saturated carbocycles. The molecule has 174 valence electrons. The normalized spacial score (nSPS) is 11.3. The van der Waals surface area contributed by atoms with Crippen LogP contribution in [-0.2, 0) is 14.4 Å². The molecule has 2 aromatic carbocycles. The number of carbonyl (C=O) groups excluding carboxylic acids is 1. The Labute approximate surface area is 204 Å². The van der Waals surface area contributed by atoms with Gasteiger partial charge in [0, 0.05) is 10.6 Å². The standard InChI is InChI=1S/C26H23ClN2O5/c1-5-14-32-23-13-10-20(17-24(23)31-4)22(29-34-16-7-3)18-28-26(30)25(33-15-6-2)19-8-11-21(27)12-9-19/h1-3,8-13,17,25H,14-16,18H2,4H3,(H,28,30). The quantitative estimate of drug-likeness (QED) is 0.219. The highest BCUT2D eigenvalue weighted by Gasteiger charge is 2.22. The summed E-state index contributed by atoms with van der Waals surface area (Å²) in [5.41, 5.74) is 1.59. The Kier molecular flexibility index (Phi) is 10.9. The van der Waals surface area contributed by atoms with Crippen molar-refractivity contribution in [2.75, 3.05) is 33.5 Å². The topological polar surface area (TPSA) is 78.4 Å². The van der Waals surface area contributed by atoms with Gasteiger partial charge in [-0.15, -0.1) is 19.3 Å². The molecule has 0 saturated heterocycles. The lowest BCUT2D eigenvalue weighted by atomic mass is 10.1. The fourth-order valence-corrected chi connectivity index (χ4v) is 2.90. The van der Waals surface area contributed by atoms with Crippen LogP contribution in [0.3, 0.4) is 0 Å². The molecular formula is C26H23ClN2O5. The Morgan fingerprint density at radius 2 is 1.74 bits per heavy atom. The monoisotopic (exact) mass is 478 g/mol. The molecule has 1 atom stereocenters. The molecule has 1 amide bonds. The Morgan fingerprint density at radius 3 is 2.38 bits per heavy atom. The zero-order valence-electron chi connectivity index (χ0n) is 18.5. The van der Waals surface area contributed by atoms with Crippen molar-refractivity contribution in [2.45, 2.75) is 6.10 Å². The number of benzene rings is 2. The maximum atomic E-state index is 13.0. The van der Waals surface area contributed by atoms with E-state index >= 15 is 0 Å². The molecule has 2 aromatic rings. The van der Waals surface area contributed by atoms with Crippen molar-refractivity contribution >= 4 is 23.2 Å². The SMILES string of the molecule is C#CCON=C(CNC(=O)C(OCC#C)c1ccc(Cl)cc1)c1ccc(OCC#C)c(OC)c1. The first-order valence-corrected chi connectivity index (χ1v) is 10.4. The first kappa shape index (κ1) is 26.2. The number of halogens is 1. The molecule has 0 spiro atoms. The van der Waals surface area contributed by atoms with Crippen LogP contribution in [0.5, 0.6) is 11.5 Å². The Morgan fingerprint density at radius 1 is 1.03 bits per heavy atom. The second-order valence-electron chi connectivity index (χ2n) is 6.54. The van der Waals surface area contributed by atoms with Crippen molar-refractivity contribution in [2.24, 2.45) is 5.16 Å². The summed E-state index contributed by atoms with van der Waals surface area (Å²) in [5.74, 6) is 7.55. The largest absolute Gasteiger partial charge is 0.493 e. The molecule has 34 heavy (non-hydrogen) atoms. The van der Waals surface area contributed by atoms with Gasteiger partial charge in [0.05, 0.1) is 13.7 Å². The molecule has 0 heterocycles. The van der Waals surface area contributed by atoms with Crippen LogP contribution in [0.2, 0.25) is 5.02 Å². The Balaban J connectivity index is 2.25. The minimum atomic E-state index is -0.949. The maximum absolute atomic E-state index is 13.0. The van der Waals surface area contributed by atoms with Crippen molar-refractivity contribution in [3.05, 3.63) is 58.6 Å². The lowest BCUT2D eigenvalue weighted by molar-refractivity contribution is -0.132. The van der Waals surface area contributed by atoms with E-state index in [1.54, 1.807) is 42.5 Å². The molecule has 1 unspecified atom stereocenters. The number of methoxy groups -OCH3 is 1. The maximum Gasteiger partial charge on any atom is 0.254 e. The predicted molar refractivity (Wildman–Crippen MR) is 131 cm³/mol. The van der Waals surface area contributed by atoms with Crippen molar-refractivity contribution in [1.29, 1.82) is 0 Å². The number of rotatable bonds is 12. The second kappa shape index (κ2) is 14.1. The second-order valence-corrected chi connectivity index (χ2v) is 6.97. The highest BCUT2D eigenvalue weighted by Crippen LogP contribution is 2.28. The van der Waals surface area contributed by atoms with Crippen molar-refractivity contribution < 1.29 is 23.8 Å². The summed E-state index contributed by atoms with van der Waals surface area (Å²) in [5, 5.41) is 7.39. The van der Waals surface area contributed by atoms with Crippen LogP contribution in [0.15, 0.2) is 47.6 Å². The number of oxime groups is 1. The molecule has 0 fully saturated rings. The first-order chi connectivity index (χ1) is 16.5. The van der Waals surface area contributed by atoms with Crippen LogP contribution >= 0.6 is 11.6 Å². The molecule has 0 aromatic heterocycles. The van der Waals surface area contributed by atoms with Crippen LogP contribution in [-0.4, -0.2) is 45.1 Å². The number of nitrogens with one attached hydrogen (secondary N) is 1. The van der Waals surface area contributed by atoms with Gasteiger partial charge in [-0.05, 0) is 35.9 Å². The van der Waals surface area contributed by atoms with Gasteiger partial charge in [-0.1, -0.05) is 46.7 Å². The van der Waals surface area contributed by atoms with E-state index in [1.807, 2.05) is 0 Å². The number of hydrogen-bond acceptors (Lipinski definition) is 6. The van der Waals surface area contributed by atoms with Crippen LogP contribution in [0.25, 0.3) is 0 Å². The third-order valence-corrected chi connectivity index (χ3v) is 4.56. The van der Waals surface area contributed by atoms with Gasteiger partial charge in [0.25, 0.3) is 5.91 Å². The number of ether oxygens (including phenoxy) is 3. The summed E-state index contributed by atoms with van der Waals surface area (Å²) in [6.45, 7) is -0.0117. The summed E-state index contributed by atoms with van der Waals surface area (Å²) in [6, 6.07) is 11.8. The van der Waals surface area contributed by atoms with Gasteiger partial charge < -0.3 is 24.4 Å². The van der Waals surface area contributed by atoms with Crippen LogP contribution in [0.1, 0.15) is 17.2 Å². The summed E-state index contributed by atoms with van der Waals surface area (Å²) >= 11 is 5.95. The van der Waals surface area contributed by atoms with E-state index in [2.05, 4.69) is 28.2 Å². The summed E-state index contributed by atoms with van der Waals surface area (Å²) in [7, 11) is 1.49. The molecule has 0 aliphatic carbocycles. The average Bonchev–Trinajstić information content (AvgIpc) is 2.86. The van der Waals surface area contributed by atoms with E-state index in [4.69, 9.17) is 49.9 Å². The van der Waals surface area contributed by atoms with Gasteiger partial charge in [0.2, 0.25) is 0 Å². The fraction of sp³-hybridized carbons (Fsp3) is 0.231. The number of terminal acetylenes is 3. The third kappa shape index (κ3) is 7.80.